The van der Waals surface area contributed by atoms with Crippen molar-refractivity contribution in [3.63, 3.8) is 0 Å². The molecule has 3 saturated carbocycles. The summed E-state index contributed by atoms with van der Waals surface area (Å²) in [6.45, 7) is 9.71. The molecule has 5 unspecified atom stereocenters. The molecule has 0 aromatic rings. The Kier molecular flexibility index (Phi) is 22.9. The van der Waals surface area contributed by atoms with Gasteiger partial charge in [0.2, 0.25) is 45.5 Å². The molecule has 0 radical (unpaired) electrons. The van der Waals surface area contributed by atoms with Crippen molar-refractivity contribution in [1.82, 2.24) is 46.4 Å². The second kappa shape index (κ2) is 28.6. The summed E-state index contributed by atoms with van der Waals surface area (Å²) in [5, 5.41) is 33.6. The van der Waals surface area contributed by atoms with Gasteiger partial charge in [-0.25, -0.2) is 12.7 Å². The molecule has 7 aliphatic rings. The number of aliphatic hydroxyl groups excluding tert-OH is 1. The van der Waals surface area contributed by atoms with Crippen LogP contribution in [0.3, 0.4) is 0 Å². The molecule has 7 fully saturated rings. The van der Waals surface area contributed by atoms with Gasteiger partial charge in [0.15, 0.2) is 0 Å². The SMILES string of the molecule is CC1NCSC1C1CCC(CNC(=O)[C@@H]2C[C@@H](O)CN2C(=O)[C@@H](NC(=O)CCCCCNC(=O)C2CCC(COC[C@H](NC(=O)C3CCN(S(C)(=O)=O)C3)C(=O)NC3NC(C4CCCCC4)CS3)CC2)C(C)(C)C)CC1. The Balaban J connectivity index is 0.773. The Morgan fingerprint density at radius 1 is 0.789 bits per heavy atom. The summed E-state index contributed by atoms with van der Waals surface area (Å²) in [5.74, 6) is 1.57. The van der Waals surface area contributed by atoms with Crippen LogP contribution in [0.25, 0.3) is 0 Å². The third-order valence-corrected chi connectivity index (χ3v) is 21.5. The Hall–Kier alpha value is -2.73. The molecule has 76 heavy (non-hydrogen) atoms. The number of nitrogens with zero attached hydrogens (tertiary/aromatic N) is 2. The first-order valence-electron chi connectivity index (χ1n) is 28.9. The summed E-state index contributed by atoms with van der Waals surface area (Å²) >= 11 is 3.68. The summed E-state index contributed by atoms with van der Waals surface area (Å²) in [6, 6.07) is -1.76. The van der Waals surface area contributed by atoms with Gasteiger partial charge in [-0.2, -0.15) is 0 Å². The minimum absolute atomic E-state index is 0.0150. The highest BCUT2D eigenvalue weighted by molar-refractivity contribution is 8.00. The second-order valence-corrected chi connectivity index (χ2v) is 28.8. The van der Waals surface area contributed by atoms with Crippen molar-refractivity contribution < 1.29 is 47.0 Å². The summed E-state index contributed by atoms with van der Waals surface area (Å²) in [5.41, 5.74) is -0.916. The number of unbranched alkanes of at least 4 members (excludes halogenated alkanes) is 2. The largest absolute Gasteiger partial charge is 0.391 e. The van der Waals surface area contributed by atoms with Gasteiger partial charge in [0.05, 0.1) is 24.9 Å². The smallest absolute Gasteiger partial charge is 0.246 e. The number of sulfonamides is 1. The number of carbonyl (C=O) groups excluding carboxylic acids is 6. The van der Waals surface area contributed by atoms with E-state index < -0.39 is 45.6 Å². The molecule has 4 aliphatic heterocycles. The number of aliphatic hydroxyl groups is 1. The molecule has 6 amide bonds. The number of likely N-dealkylation sites (tertiary alicyclic amines) is 1. The van der Waals surface area contributed by atoms with Crippen LogP contribution in [0.5, 0.6) is 0 Å². The van der Waals surface area contributed by atoms with E-state index in [0.29, 0.717) is 93.3 Å². The molecule has 4 heterocycles. The maximum atomic E-state index is 14.1. The zero-order valence-corrected chi connectivity index (χ0v) is 48.6. The van der Waals surface area contributed by atoms with E-state index in [-0.39, 0.29) is 91.9 Å². The maximum absolute atomic E-state index is 14.1. The van der Waals surface area contributed by atoms with E-state index >= 15 is 0 Å². The van der Waals surface area contributed by atoms with Gasteiger partial charge < -0.3 is 46.6 Å². The minimum atomic E-state index is -3.43. The van der Waals surface area contributed by atoms with E-state index in [1.54, 1.807) is 11.8 Å². The molecule has 0 aromatic carbocycles. The number of hydrogen-bond acceptors (Lipinski definition) is 14. The summed E-state index contributed by atoms with van der Waals surface area (Å²) < 4.78 is 31.7. The first kappa shape index (κ1) is 60.9. The zero-order valence-electron chi connectivity index (χ0n) is 46.1. The fourth-order valence-electron chi connectivity index (χ4n) is 12.7. The molecule has 4 saturated heterocycles. The highest BCUT2D eigenvalue weighted by Crippen LogP contribution is 2.39. The Morgan fingerprint density at radius 3 is 2.18 bits per heavy atom. The van der Waals surface area contributed by atoms with E-state index in [9.17, 15) is 42.3 Å². The number of β-amino-alcohol motifs (C(OH)–C–C–N with tert-alkyl or cyclic N) is 1. The average molecular weight is 1120 g/mol. The van der Waals surface area contributed by atoms with Gasteiger partial charge in [-0.05, 0) is 119 Å². The van der Waals surface area contributed by atoms with Crippen LogP contribution in [-0.4, -0.2) is 169 Å². The Morgan fingerprint density at radius 2 is 1.51 bits per heavy atom. The molecule has 0 aromatic heterocycles. The van der Waals surface area contributed by atoms with Crippen LogP contribution in [0.1, 0.15) is 150 Å². The van der Waals surface area contributed by atoms with Crippen LogP contribution in [0, 0.1) is 40.9 Å². The third-order valence-electron chi connectivity index (χ3n) is 17.5. The third kappa shape index (κ3) is 17.6. The van der Waals surface area contributed by atoms with Crippen LogP contribution in [0.15, 0.2) is 0 Å². The molecule has 22 heteroatoms. The molecule has 7 rings (SSSR count). The number of ether oxygens (including phenoxy) is 1. The van der Waals surface area contributed by atoms with E-state index in [0.717, 1.165) is 56.4 Å². The van der Waals surface area contributed by atoms with Crippen LogP contribution >= 0.6 is 23.5 Å². The van der Waals surface area contributed by atoms with Gasteiger partial charge in [0.1, 0.15) is 23.6 Å². The molecule has 9 atom stereocenters. The molecule has 0 spiro atoms. The molecule has 3 aliphatic carbocycles. The topological polar surface area (TPSA) is 257 Å². The fourth-order valence-corrected chi connectivity index (χ4v) is 16.3. The number of rotatable bonds is 23. The molecule has 432 valence electrons. The molecule has 19 nitrogen and oxygen atoms in total. The predicted octanol–water partition coefficient (Wildman–Crippen LogP) is 3.40. The van der Waals surface area contributed by atoms with Gasteiger partial charge in [0.25, 0.3) is 0 Å². The van der Waals surface area contributed by atoms with E-state index in [1.807, 2.05) is 32.5 Å². The number of carbonyl (C=O) groups is 6. The van der Waals surface area contributed by atoms with Gasteiger partial charge in [-0.15, -0.1) is 23.5 Å². The van der Waals surface area contributed by atoms with Gasteiger partial charge in [-0.1, -0.05) is 46.5 Å². The molecule has 0 bridgehead atoms. The lowest BCUT2D eigenvalue weighted by atomic mass is 9.79. The molecular formula is C54H93N9O10S3. The Bertz CT molecular complexity index is 2060. The van der Waals surface area contributed by atoms with E-state index in [2.05, 4.69) is 44.1 Å². The summed E-state index contributed by atoms with van der Waals surface area (Å²) in [4.78, 5) is 82.8. The summed E-state index contributed by atoms with van der Waals surface area (Å²) in [7, 11) is -3.43. The van der Waals surface area contributed by atoms with Crippen molar-refractivity contribution in [3.05, 3.63) is 0 Å². The lowest BCUT2D eigenvalue weighted by Gasteiger charge is -2.36. The van der Waals surface area contributed by atoms with E-state index in [4.69, 9.17) is 4.74 Å². The number of hydrogen-bond donors (Lipinski definition) is 8. The van der Waals surface area contributed by atoms with Crippen LogP contribution in [-0.2, 0) is 43.5 Å². The highest BCUT2D eigenvalue weighted by atomic mass is 32.2. The second-order valence-electron chi connectivity index (χ2n) is 24.5. The monoisotopic (exact) mass is 1120 g/mol. The molecule has 8 N–H and O–H groups in total. The summed E-state index contributed by atoms with van der Waals surface area (Å²) in [6.07, 6.45) is 16.6. The first-order valence-corrected chi connectivity index (χ1v) is 32.9. The van der Waals surface area contributed by atoms with Crippen LogP contribution < -0.4 is 37.2 Å². The standard InChI is InChI=1S/C54H93N9O10S3/c1-34-46(75-33-57-34)38-19-15-35(16-20-38)27-56-51(69)44-26-41(64)29-63(44)52(70)47(54(2,3)4)60-45(65)14-10-7-11-24-55-48(66)39-21-17-36(18-22-39)30-73-31-42(58-49(67)40-23-25-62(28-40)76(5,71)72)50(68)61-53-59-43(32-74-53)37-12-8-6-9-13-37/h34-44,46-47,53,57,59,64H,6-33H2,1-5H3,(H,55,66)(H,56,69)(H,58,67)(H,60,65)(H,61,68)/t34?,35?,36?,38?,39?,40?,41-,42+,43?,44+,46?,47-,53?/m1/s1. The van der Waals surface area contributed by atoms with Crippen molar-refractivity contribution in [3.8, 4) is 0 Å². The van der Waals surface area contributed by atoms with Crippen LogP contribution in [0.2, 0.25) is 0 Å². The van der Waals surface area contributed by atoms with Crippen molar-refractivity contribution in [2.75, 3.05) is 63.8 Å². The number of amides is 6. The fraction of sp³-hybridized carbons (Fsp3) is 0.889. The van der Waals surface area contributed by atoms with Crippen molar-refractivity contribution >= 4 is 69.0 Å². The predicted molar refractivity (Wildman–Crippen MR) is 297 cm³/mol. The van der Waals surface area contributed by atoms with Crippen LogP contribution in [0.4, 0.5) is 0 Å². The normalized spacial score (nSPS) is 31.6. The van der Waals surface area contributed by atoms with Crippen molar-refractivity contribution in [2.45, 2.75) is 197 Å². The molecular weight excluding hydrogens is 1030 g/mol. The van der Waals surface area contributed by atoms with Crippen molar-refractivity contribution in [2.24, 2.45) is 40.9 Å². The van der Waals surface area contributed by atoms with Gasteiger partial charge in [0, 0.05) is 87.1 Å². The lowest BCUT2D eigenvalue weighted by Crippen LogP contribution is -2.58. The maximum Gasteiger partial charge on any atom is 0.246 e. The number of thioether (sulfide) groups is 2. The van der Waals surface area contributed by atoms with E-state index in [1.165, 1.54) is 41.3 Å². The number of nitrogens with one attached hydrogen (secondary N) is 7. The average Bonchev–Trinajstić information content (AvgIpc) is 4.24. The van der Waals surface area contributed by atoms with Gasteiger partial charge in [-0.3, -0.25) is 34.1 Å². The quantitative estimate of drug-likeness (QED) is 0.0683. The lowest BCUT2D eigenvalue weighted by molar-refractivity contribution is -0.144. The Labute approximate surface area is 461 Å². The van der Waals surface area contributed by atoms with Gasteiger partial charge >= 0.3 is 0 Å². The van der Waals surface area contributed by atoms with Crippen molar-refractivity contribution in [1.29, 1.82) is 0 Å². The highest BCUT2D eigenvalue weighted by Gasteiger charge is 2.45. The minimum Gasteiger partial charge on any atom is -0.391 e. The first-order chi connectivity index (χ1) is 36.2. The zero-order chi connectivity index (χ0) is 54.6.